The molecule has 1 fully saturated rings. The first-order chi connectivity index (χ1) is 11.9. The van der Waals surface area contributed by atoms with Crippen molar-refractivity contribution in [3.8, 4) is 0 Å². The number of unbranched alkanes of at least 4 members (excludes halogenated alkanes) is 2. The molecule has 24 heavy (non-hydrogen) atoms. The molecule has 0 heterocycles. The summed E-state index contributed by atoms with van der Waals surface area (Å²) in [7, 11) is 0. The summed E-state index contributed by atoms with van der Waals surface area (Å²) in [4.78, 5) is 0. The van der Waals surface area contributed by atoms with Crippen molar-refractivity contribution in [2.75, 3.05) is 13.1 Å². The quantitative estimate of drug-likeness (QED) is 0.449. The molecule has 0 unspecified atom stereocenters. The van der Waals surface area contributed by atoms with Crippen LogP contribution in [0.25, 0.3) is 0 Å². The van der Waals surface area contributed by atoms with Crippen LogP contribution >= 0.6 is 0 Å². The Kier molecular flexibility index (Phi) is 16.3. The Bertz CT molecular complexity index is 222. The van der Waals surface area contributed by atoms with Gasteiger partial charge in [-0.25, -0.2) is 0 Å². The highest BCUT2D eigenvalue weighted by molar-refractivity contribution is 4.63. The molecule has 1 rings (SSSR count). The maximum absolute atomic E-state index is 3.60. The summed E-state index contributed by atoms with van der Waals surface area (Å²) in [5.41, 5.74) is 0. The van der Waals surface area contributed by atoms with Crippen LogP contribution in [-0.4, -0.2) is 13.1 Å². The van der Waals surface area contributed by atoms with Crippen LogP contribution in [0.1, 0.15) is 129 Å². The van der Waals surface area contributed by atoms with E-state index in [1.165, 1.54) is 135 Å². The summed E-state index contributed by atoms with van der Waals surface area (Å²) in [6.07, 6.45) is 28.0. The predicted molar refractivity (Wildman–Crippen MR) is 110 cm³/mol. The van der Waals surface area contributed by atoms with Crippen LogP contribution in [0.2, 0.25) is 0 Å². The minimum atomic E-state index is 1.03. The van der Waals surface area contributed by atoms with Crippen molar-refractivity contribution < 1.29 is 0 Å². The lowest BCUT2D eigenvalue weighted by Crippen LogP contribution is -2.16. The molecule has 1 aliphatic rings. The Hall–Kier alpha value is -0.0400. The van der Waals surface area contributed by atoms with Crippen LogP contribution in [0.15, 0.2) is 0 Å². The summed E-state index contributed by atoms with van der Waals surface area (Å²) >= 11 is 0. The maximum atomic E-state index is 3.60. The topological polar surface area (TPSA) is 12.0 Å². The number of nitrogens with one attached hydrogen (secondary N) is 1. The average Bonchev–Trinajstić information content (AvgIpc) is 2.60. The number of hydrogen-bond acceptors (Lipinski definition) is 1. The average molecular weight is 338 g/mol. The molecule has 0 aliphatic heterocycles. The fourth-order valence-electron chi connectivity index (χ4n) is 4.18. The highest BCUT2D eigenvalue weighted by Crippen LogP contribution is 2.24. The van der Waals surface area contributed by atoms with Crippen LogP contribution in [-0.2, 0) is 0 Å². The second-order valence-electron chi connectivity index (χ2n) is 8.29. The molecule has 0 aromatic rings. The normalized spacial score (nSPS) is 20.4. The third-order valence-corrected chi connectivity index (χ3v) is 5.90. The van der Waals surface area contributed by atoms with Gasteiger partial charge in [-0.3, -0.25) is 0 Å². The Morgan fingerprint density at radius 3 is 1.54 bits per heavy atom. The van der Waals surface area contributed by atoms with Gasteiger partial charge in [0.05, 0.1) is 0 Å². The van der Waals surface area contributed by atoms with Crippen LogP contribution < -0.4 is 5.32 Å². The SMILES string of the molecule is CCCCNCCCCC1CCCCCCCCCCCCCC1. The molecule has 0 amide bonds. The summed E-state index contributed by atoms with van der Waals surface area (Å²) in [5, 5.41) is 3.60. The van der Waals surface area contributed by atoms with Crippen LogP contribution in [0.5, 0.6) is 0 Å². The molecule has 0 spiro atoms. The Balaban J connectivity index is 2.13. The molecular formula is C23H47N. The van der Waals surface area contributed by atoms with Gasteiger partial charge in [-0.1, -0.05) is 116 Å². The standard InChI is InChI=1S/C23H47N/c1-2-3-21-24-22-17-16-20-23-18-14-12-10-8-6-4-5-7-9-11-13-15-19-23/h23-24H,2-22H2,1H3. The lowest BCUT2D eigenvalue weighted by molar-refractivity contribution is 0.368. The van der Waals surface area contributed by atoms with Crippen molar-refractivity contribution in [1.29, 1.82) is 0 Å². The third-order valence-electron chi connectivity index (χ3n) is 5.90. The van der Waals surface area contributed by atoms with Crippen molar-refractivity contribution in [1.82, 2.24) is 5.32 Å². The zero-order valence-electron chi connectivity index (χ0n) is 16.9. The summed E-state index contributed by atoms with van der Waals surface area (Å²) in [6.45, 7) is 4.74. The van der Waals surface area contributed by atoms with Crippen molar-refractivity contribution in [2.24, 2.45) is 5.92 Å². The van der Waals surface area contributed by atoms with Gasteiger partial charge in [0, 0.05) is 0 Å². The summed E-state index contributed by atoms with van der Waals surface area (Å²) in [6, 6.07) is 0. The van der Waals surface area contributed by atoms with E-state index in [1.54, 1.807) is 0 Å². The van der Waals surface area contributed by atoms with Crippen LogP contribution in [0.3, 0.4) is 0 Å². The van der Waals surface area contributed by atoms with Crippen molar-refractivity contribution >= 4 is 0 Å². The van der Waals surface area contributed by atoms with Crippen molar-refractivity contribution in [2.45, 2.75) is 129 Å². The van der Waals surface area contributed by atoms with Gasteiger partial charge in [-0.15, -0.1) is 0 Å². The fraction of sp³-hybridized carbons (Fsp3) is 1.00. The highest BCUT2D eigenvalue weighted by Gasteiger charge is 2.09. The number of rotatable bonds is 8. The first kappa shape index (κ1) is 22.0. The molecule has 0 bridgehead atoms. The summed E-state index contributed by atoms with van der Waals surface area (Å²) < 4.78 is 0. The predicted octanol–water partition coefficient (Wildman–Crippen LogP) is 7.64. The highest BCUT2D eigenvalue weighted by atomic mass is 14.8. The Labute approximate surface area is 153 Å². The molecule has 0 radical (unpaired) electrons. The maximum Gasteiger partial charge on any atom is -0.00489 e. The molecule has 1 nitrogen and oxygen atoms in total. The first-order valence-corrected chi connectivity index (χ1v) is 11.6. The van der Waals surface area contributed by atoms with Gasteiger partial charge in [-0.2, -0.15) is 0 Å². The van der Waals surface area contributed by atoms with Crippen LogP contribution in [0.4, 0.5) is 0 Å². The molecule has 0 saturated heterocycles. The molecule has 1 N–H and O–H groups in total. The van der Waals surface area contributed by atoms with Gasteiger partial charge >= 0.3 is 0 Å². The van der Waals surface area contributed by atoms with E-state index in [1.807, 2.05) is 0 Å². The van der Waals surface area contributed by atoms with Gasteiger partial charge in [0.1, 0.15) is 0 Å². The molecule has 1 saturated carbocycles. The molecule has 1 aliphatic carbocycles. The van der Waals surface area contributed by atoms with E-state index in [2.05, 4.69) is 12.2 Å². The van der Waals surface area contributed by atoms with Crippen LogP contribution in [0, 0.1) is 5.92 Å². The van der Waals surface area contributed by atoms with E-state index in [-0.39, 0.29) is 0 Å². The van der Waals surface area contributed by atoms with Gasteiger partial charge in [-0.05, 0) is 31.8 Å². The van der Waals surface area contributed by atoms with E-state index in [0.717, 1.165) is 5.92 Å². The van der Waals surface area contributed by atoms with E-state index in [4.69, 9.17) is 0 Å². The third kappa shape index (κ3) is 14.3. The second-order valence-corrected chi connectivity index (χ2v) is 8.29. The van der Waals surface area contributed by atoms with Crippen molar-refractivity contribution in [3.05, 3.63) is 0 Å². The lowest BCUT2D eigenvalue weighted by atomic mass is 9.90. The molecular weight excluding hydrogens is 290 g/mol. The van der Waals surface area contributed by atoms with E-state index in [0.29, 0.717) is 0 Å². The molecule has 0 aromatic carbocycles. The van der Waals surface area contributed by atoms with E-state index < -0.39 is 0 Å². The zero-order chi connectivity index (χ0) is 17.1. The largest absolute Gasteiger partial charge is 0.317 e. The Morgan fingerprint density at radius 1 is 0.583 bits per heavy atom. The molecule has 0 aromatic heterocycles. The Morgan fingerprint density at radius 2 is 1.04 bits per heavy atom. The zero-order valence-corrected chi connectivity index (χ0v) is 16.9. The first-order valence-electron chi connectivity index (χ1n) is 11.6. The summed E-state index contributed by atoms with van der Waals surface area (Å²) in [5.74, 6) is 1.03. The van der Waals surface area contributed by atoms with Gasteiger partial charge in [0.25, 0.3) is 0 Å². The van der Waals surface area contributed by atoms with Crippen molar-refractivity contribution in [3.63, 3.8) is 0 Å². The smallest absolute Gasteiger partial charge is 0.00489 e. The van der Waals surface area contributed by atoms with E-state index >= 15 is 0 Å². The second kappa shape index (κ2) is 17.8. The minimum Gasteiger partial charge on any atom is -0.317 e. The van der Waals surface area contributed by atoms with Gasteiger partial charge < -0.3 is 5.32 Å². The van der Waals surface area contributed by atoms with Gasteiger partial charge in [0.2, 0.25) is 0 Å². The monoisotopic (exact) mass is 337 g/mol. The molecule has 144 valence electrons. The lowest BCUT2D eigenvalue weighted by Gasteiger charge is -2.17. The molecule has 1 heteroatoms. The minimum absolute atomic E-state index is 1.03. The van der Waals surface area contributed by atoms with E-state index in [9.17, 15) is 0 Å². The van der Waals surface area contributed by atoms with Gasteiger partial charge in [0.15, 0.2) is 0 Å². The molecule has 0 atom stereocenters. The number of hydrogen-bond donors (Lipinski definition) is 1. The fourth-order valence-corrected chi connectivity index (χ4v) is 4.18.